The summed E-state index contributed by atoms with van der Waals surface area (Å²) in [5.74, 6) is -0.951. The van der Waals surface area contributed by atoms with Gasteiger partial charge in [0.1, 0.15) is 6.04 Å². The van der Waals surface area contributed by atoms with Crippen molar-refractivity contribution in [3.63, 3.8) is 0 Å². The second-order valence-electron chi connectivity index (χ2n) is 4.01. The van der Waals surface area contributed by atoms with Crippen molar-refractivity contribution in [2.24, 2.45) is 5.73 Å². The van der Waals surface area contributed by atoms with E-state index in [4.69, 9.17) is 10.8 Å². The maximum atomic E-state index is 10.6. The van der Waals surface area contributed by atoms with Crippen LogP contribution in [0.1, 0.15) is 12.0 Å². The Morgan fingerprint density at radius 2 is 2.24 bits per heavy atom. The van der Waals surface area contributed by atoms with Crippen LogP contribution in [0.15, 0.2) is 36.5 Å². The van der Waals surface area contributed by atoms with Gasteiger partial charge in [0, 0.05) is 11.6 Å². The molecule has 1 aromatic heterocycles. The SMILES string of the molecule is N[C@@H](CCc1ccc2ncccc2c1)C(=O)O. The third kappa shape index (κ3) is 2.79. The molecule has 1 aromatic carbocycles. The number of hydrogen-bond donors (Lipinski definition) is 2. The Bertz CT molecular complexity index is 540. The van der Waals surface area contributed by atoms with Gasteiger partial charge in [-0.1, -0.05) is 12.1 Å². The van der Waals surface area contributed by atoms with E-state index in [1.54, 1.807) is 6.20 Å². The Balaban J connectivity index is 2.12. The minimum Gasteiger partial charge on any atom is -0.480 e. The maximum Gasteiger partial charge on any atom is 0.320 e. The summed E-state index contributed by atoms with van der Waals surface area (Å²) in [5, 5.41) is 9.76. The highest BCUT2D eigenvalue weighted by Gasteiger charge is 2.10. The minimum absolute atomic E-state index is 0.446. The summed E-state index contributed by atoms with van der Waals surface area (Å²) in [6.07, 6.45) is 2.86. The first-order chi connectivity index (χ1) is 8.16. The van der Waals surface area contributed by atoms with Gasteiger partial charge in [-0.05, 0) is 36.6 Å². The van der Waals surface area contributed by atoms with Crippen molar-refractivity contribution >= 4 is 16.9 Å². The Morgan fingerprint density at radius 3 is 3.00 bits per heavy atom. The fraction of sp³-hybridized carbons (Fsp3) is 0.231. The van der Waals surface area contributed by atoms with Crippen LogP contribution in [0, 0.1) is 0 Å². The van der Waals surface area contributed by atoms with Crippen molar-refractivity contribution in [3.8, 4) is 0 Å². The lowest BCUT2D eigenvalue weighted by atomic mass is 10.0. The van der Waals surface area contributed by atoms with E-state index < -0.39 is 12.0 Å². The molecule has 4 nitrogen and oxygen atoms in total. The van der Waals surface area contributed by atoms with Gasteiger partial charge in [0.15, 0.2) is 0 Å². The smallest absolute Gasteiger partial charge is 0.320 e. The first kappa shape index (κ1) is 11.5. The number of carboxylic acid groups (broad SMARTS) is 1. The molecule has 0 saturated carbocycles. The van der Waals surface area contributed by atoms with Crippen LogP contribution in [0.25, 0.3) is 10.9 Å². The lowest BCUT2D eigenvalue weighted by Gasteiger charge is -2.06. The van der Waals surface area contributed by atoms with Crippen molar-refractivity contribution in [3.05, 3.63) is 42.1 Å². The van der Waals surface area contributed by atoms with Gasteiger partial charge in [-0.25, -0.2) is 0 Å². The van der Waals surface area contributed by atoms with Crippen molar-refractivity contribution in [2.75, 3.05) is 0 Å². The number of benzene rings is 1. The van der Waals surface area contributed by atoms with Gasteiger partial charge in [-0.3, -0.25) is 9.78 Å². The van der Waals surface area contributed by atoms with Crippen LogP contribution < -0.4 is 5.73 Å². The molecule has 0 spiro atoms. The number of aliphatic carboxylic acids is 1. The Hall–Kier alpha value is -1.94. The first-order valence-corrected chi connectivity index (χ1v) is 5.49. The predicted molar refractivity (Wildman–Crippen MR) is 65.7 cm³/mol. The highest BCUT2D eigenvalue weighted by atomic mass is 16.4. The van der Waals surface area contributed by atoms with E-state index in [-0.39, 0.29) is 0 Å². The van der Waals surface area contributed by atoms with Gasteiger partial charge in [-0.15, -0.1) is 0 Å². The average molecular weight is 230 g/mol. The number of rotatable bonds is 4. The summed E-state index contributed by atoms with van der Waals surface area (Å²) < 4.78 is 0. The summed E-state index contributed by atoms with van der Waals surface area (Å²) in [4.78, 5) is 14.8. The summed E-state index contributed by atoms with van der Waals surface area (Å²) in [7, 11) is 0. The molecular formula is C13H14N2O2. The third-order valence-corrected chi connectivity index (χ3v) is 2.73. The molecule has 2 aromatic rings. The fourth-order valence-electron chi connectivity index (χ4n) is 1.73. The van der Waals surface area contributed by atoms with Crippen LogP contribution in [-0.4, -0.2) is 22.1 Å². The molecule has 0 fully saturated rings. The molecule has 4 heteroatoms. The zero-order valence-corrected chi connectivity index (χ0v) is 9.34. The quantitative estimate of drug-likeness (QED) is 0.836. The molecule has 88 valence electrons. The van der Waals surface area contributed by atoms with Crippen LogP contribution in [0.2, 0.25) is 0 Å². The molecule has 3 N–H and O–H groups in total. The molecule has 1 heterocycles. The molecule has 17 heavy (non-hydrogen) atoms. The van der Waals surface area contributed by atoms with Crippen molar-refractivity contribution in [1.29, 1.82) is 0 Å². The number of nitrogens with zero attached hydrogens (tertiary/aromatic N) is 1. The van der Waals surface area contributed by atoms with Crippen LogP contribution in [0.5, 0.6) is 0 Å². The lowest BCUT2D eigenvalue weighted by molar-refractivity contribution is -0.138. The second kappa shape index (κ2) is 4.93. The molecule has 2 rings (SSSR count). The van der Waals surface area contributed by atoms with E-state index in [0.29, 0.717) is 12.8 Å². The average Bonchev–Trinajstić information content (AvgIpc) is 2.35. The minimum atomic E-state index is -0.951. The van der Waals surface area contributed by atoms with Crippen molar-refractivity contribution in [2.45, 2.75) is 18.9 Å². The maximum absolute atomic E-state index is 10.6. The van der Waals surface area contributed by atoms with Crippen molar-refractivity contribution in [1.82, 2.24) is 4.98 Å². The topological polar surface area (TPSA) is 76.2 Å². The molecule has 0 bridgehead atoms. The van der Waals surface area contributed by atoms with E-state index in [2.05, 4.69) is 4.98 Å². The Morgan fingerprint density at radius 1 is 1.41 bits per heavy atom. The van der Waals surface area contributed by atoms with Gasteiger partial charge in [0.2, 0.25) is 0 Å². The standard InChI is InChI=1S/C13H14N2O2/c14-11(13(16)17)5-3-9-4-6-12-10(8-9)2-1-7-15-12/h1-2,4,6-8,11H,3,5,14H2,(H,16,17)/t11-/m0/s1. The zero-order chi connectivity index (χ0) is 12.3. The molecule has 0 amide bonds. The number of fused-ring (bicyclic) bond motifs is 1. The van der Waals surface area contributed by atoms with Gasteiger partial charge in [0.05, 0.1) is 5.52 Å². The van der Waals surface area contributed by atoms with Gasteiger partial charge in [-0.2, -0.15) is 0 Å². The summed E-state index contributed by atoms with van der Waals surface area (Å²) >= 11 is 0. The number of hydrogen-bond acceptors (Lipinski definition) is 3. The number of aromatic nitrogens is 1. The van der Waals surface area contributed by atoms with Crippen LogP contribution in [0.3, 0.4) is 0 Å². The Kier molecular flexibility index (Phi) is 3.35. The van der Waals surface area contributed by atoms with E-state index in [0.717, 1.165) is 16.5 Å². The molecule has 0 unspecified atom stereocenters. The monoisotopic (exact) mass is 230 g/mol. The molecule has 1 atom stereocenters. The van der Waals surface area contributed by atoms with E-state index in [1.165, 1.54) is 0 Å². The number of carbonyl (C=O) groups is 1. The Labute approximate surface area is 99.1 Å². The highest BCUT2D eigenvalue weighted by Crippen LogP contribution is 2.14. The summed E-state index contributed by atoms with van der Waals surface area (Å²) in [6, 6.07) is 9.01. The highest BCUT2D eigenvalue weighted by molar-refractivity contribution is 5.79. The van der Waals surface area contributed by atoms with E-state index >= 15 is 0 Å². The third-order valence-electron chi connectivity index (χ3n) is 2.73. The van der Waals surface area contributed by atoms with Gasteiger partial charge in [0.25, 0.3) is 0 Å². The molecule has 0 aliphatic heterocycles. The number of nitrogens with two attached hydrogens (primary N) is 1. The van der Waals surface area contributed by atoms with Gasteiger partial charge >= 0.3 is 5.97 Å². The predicted octanol–water partition coefficient (Wildman–Crippen LogP) is 1.58. The van der Waals surface area contributed by atoms with Gasteiger partial charge < -0.3 is 10.8 Å². The number of pyridine rings is 1. The van der Waals surface area contributed by atoms with E-state index in [1.807, 2.05) is 30.3 Å². The fourth-order valence-corrected chi connectivity index (χ4v) is 1.73. The molecule has 0 saturated heterocycles. The van der Waals surface area contributed by atoms with Crippen molar-refractivity contribution < 1.29 is 9.90 Å². The summed E-state index contributed by atoms with van der Waals surface area (Å²) in [5.41, 5.74) is 7.49. The van der Waals surface area contributed by atoms with E-state index in [9.17, 15) is 4.79 Å². The normalized spacial score (nSPS) is 12.5. The molecule has 0 aliphatic rings. The number of aryl methyl sites for hydroxylation is 1. The molecule has 0 aliphatic carbocycles. The lowest BCUT2D eigenvalue weighted by Crippen LogP contribution is -2.30. The second-order valence-corrected chi connectivity index (χ2v) is 4.01. The number of carboxylic acids is 1. The van der Waals surface area contributed by atoms with Crippen LogP contribution >= 0.6 is 0 Å². The zero-order valence-electron chi connectivity index (χ0n) is 9.34. The summed E-state index contributed by atoms with van der Waals surface area (Å²) in [6.45, 7) is 0. The molecular weight excluding hydrogens is 216 g/mol. The first-order valence-electron chi connectivity index (χ1n) is 5.49. The largest absolute Gasteiger partial charge is 0.480 e. The van der Waals surface area contributed by atoms with Crippen LogP contribution in [0.4, 0.5) is 0 Å². The molecule has 0 radical (unpaired) electrons. The van der Waals surface area contributed by atoms with Crippen LogP contribution in [-0.2, 0) is 11.2 Å².